The number of amides is 3. The van der Waals surface area contributed by atoms with Gasteiger partial charge in [0.25, 0.3) is 5.91 Å². The number of benzene rings is 2. The highest BCUT2D eigenvalue weighted by molar-refractivity contribution is 6.06. The largest absolute Gasteiger partial charge is 0.485 e. The molecule has 2 aromatic carbocycles. The van der Waals surface area contributed by atoms with Crippen LogP contribution in [0.2, 0.25) is 0 Å². The summed E-state index contributed by atoms with van der Waals surface area (Å²) in [7, 11) is 0. The van der Waals surface area contributed by atoms with Crippen LogP contribution in [0, 0.1) is 11.6 Å². The Bertz CT molecular complexity index is 1210. The van der Waals surface area contributed by atoms with Crippen molar-refractivity contribution >= 4 is 29.2 Å². The van der Waals surface area contributed by atoms with Gasteiger partial charge >= 0.3 is 0 Å². The molecule has 0 radical (unpaired) electrons. The molecule has 1 atom stereocenters. The third kappa shape index (κ3) is 5.14. The third-order valence-corrected chi connectivity index (χ3v) is 6.20. The highest BCUT2D eigenvalue weighted by Gasteiger charge is 2.36. The Morgan fingerprint density at radius 1 is 1.00 bits per heavy atom. The molecule has 0 saturated carbocycles. The number of nitrogens with zero attached hydrogens (tertiary/aromatic N) is 3. The number of halogens is 2. The maximum Gasteiger partial charge on any atom is 0.265 e. The summed E-state index contributed by atoms with van der Waals surface area (Å²) in [6.45, 7) is 3.92. The van der Waals surface area contributed by atoms with E-state index in [1.165, 1.54) is 36.1 Å². The van der Waals surface area contributed by atoms with Crippen LogP contribution in [0.25, 0.3) is 0 Å². The molecule has 2 heterocycles. The van der Waals surface area contributed by atoms with E-state index in [4.69, 9.17) is 9.47 Å². The van der Waals surface area contributed by atoms with Crippen molar-refractivity contribution in [2.45, 2.75) is 19.9 Å². The number of hydrogen-bond donors (Lipinski definition) is 0. The van der Waals surface area contributed by atoms with Crippen LogP contribution in [0.3, 0.4) is 0 Å². The first-order chi connectivity index (χ1) is 17.2. The lowest BCUT2D eigenvalue weighted by Crippen LogP contribution is -2.57. The minimum Gasteiger partial charge on any atom is -0.485 e. The lowest BCUT2D eigenvalue weighted by Gasteiger charge is -2.39. The fraction of sp³-hybridized carbons (Fsp3) is 0.360. The summed E-state index contributed by atoms with van der Waals surface area (Å²) in [5.74, 6) is -3.04. The normalized spacial score (nSPS) is 16.2. The Hall–Kier alpha value is -4.02. The zero-order valence-electron chi connectivity index (χ0n) is 19.8. The van der Waals surface area contributed by atoms with Gasteiger partial charge in [0.15, 0.2) is 30.6 Å². The number of anilines is 1. The molecule has 3 amide bonds. The topological polar surface area (TPSA) is 96.5 Å². The molecule has 1 saturated heterocycles. The van der Waals surface area contributed by atoms with Crippen LogP contribution in [-0.2, 0) is 14.4 Å². The first-order valence-corrected chi connectivity index (χ1v) is 11.4. The lowest BCUT2D eigenvalue weighted by molar-refractivity contribution is -0.140. The molecule has 0 N–H and O–H groups in total. The second-order valence-corrected chi connectivity index (χ2v) is 8.53. The molecule has 0 spiro atoms. The summed E-state index contributed by atoms with van der Waals surface area (Å²) in [4.78, 5) is 54.9. The fourth-order valence-electron chi connectivity index (χ4n) is 4.18. The third-order valence-electron chi connectivity index (χ3n) is 6.20. The molecule has 0 bridgehead atoms. The summed E-state index contributed by atoms with van der Waals surface area (Å²) in [5, 5.41) is 0. The summed E-state index contributed by atoms with van der Waals surface area (Å²) in [5.41, 5.74) is 0.461. The Morgan fingerprint density at radius 3 is 2.36 bits per heavy atom. The van der Waals surface area contributed by atoms with Gasteiger partial charge in [-0.1, -0.05) is 0 Å². The van der Waals surface area contributed by atoms with Gasteiger partial charge in [0.2, 0.25) is 11.8 Å². The predicted octanol–water partition coefficient (Wildman–Crippen LogP) is 2.03. The average Bonchev–Trinajstić information content (AvgIpc) is 2.88. The SMILES string of the molecule is CC(=O)N1CCN(C(=O)C(C)N2C(=O)COc3ccc(C(=O)COc4ccc(F)c(F)c4)cc32)CC1. The summed E-state index contributed by atoms with van der Waals surface area (Å²) >= 11 is 0. The van der Waals surface area contributed by atoms with Gasteiger partial charge in [0.1, 0.15) is 17.5 Å². The van der Waals surface area contributed by atoms with Crippen molar-refractivity contribution in [3.8, 4) is 11.5 Å². The second kappa shape index (κ2) is 10.3. The van der Waals surface area contributed by atoms with Gasteiger partial charge < -0.3 is 19.3 Å². The lowest BCUT2D eigenvalue weighted by atomic mass is 10.1. The zero-order valence-corrected chi connectivity index (χ0v) is 19.8. The van der Waals surface area contributed by atoms with Crippen LogP contribution in [0.5, 0.6) is 11.5 Å². The molecular formula is C25H25F2N3O6. The van der Waals surface area contributed by atoms with E-state index < -0.39 is 36.0 Å². The van der Waals surface area contributed by atoms with Gasteiger partial charge in [-0.15, -0.1) is 0 Å². The molecule has 0 aliphatic carbocycles. The minimum absolute atomic E-state index is 0.00978. The van der Waals surface area contributed by atoms with Crippen molar-refractivity contribution in [3.05, 3.63) is 53.6 Å². The van der Waals surface area contributed by atoms with Crippen molar-refractivity contribution in [2.75, 3.05) is 44.3 Å². The van der Waals surface area contributed by atoms with Crippen LogP contribution >= 0.6 is 0 Å². The van der Waals surface area contributed by atoms with E-state index >= 15 is 0 Å². The first kappa shape index (κ1) is 25.1. The standard InChI is InChI=1S/C25H25F2N3O6/c1-15(25(34)29-9-7-28(8-10-29)16(2)31)30-21-11-17(3-6-23(21)36-14-24(30)33)22(32)13-35-18-4-5-19(26)20(27)12-18/h3-6,11-12,15H,7-10,13-14H2,1-2H3. The van der Waals surface area contributed by atoms with Crippen molar-refractivity contribution in [3.63, 3.8) is 0 Å². The van der Waals surface area contributed by atoms with E-state index in [1.54, 1.807) is 16.7 Å². The van der Waals surface area contributed by atoms with E-state index in [0.29, 0.717) is 31.9 Å². The van der Waals surface area contributed by atoms with Crippen LogP contribution in [0.4, 0.5) is 14.5 Å². The van der Waals surface area contributed by atoms with E-state index in [-0.39, 0.29) is 35.4 Å². The van der Waals surface area contributed by atoms with Crippen molar-refractivity contribution < 1.29 is 37.4 Å². The fourth-order valence-corrected chi connectivity index (χ4v) is 4.18. The monoisotopic (exact) mass is 501 g/mol. The van der Waals surface area contributed by atoms with Gasteiger partial charge in [0, 0.05) is 44.7 Å². The molecule has 190 valence electrons. The highest BCUT2D eigenvalue weighted by Crippen LogP contribution is 2.35. The molecule has 36 heavy (non-hydrogen) atoms. The Morgan fingerprint density at radius 2 is 1.69 bits per heavy atom. The zero-order chi connectivity index (χ0) is 26.0. The Balaban J connectivity index is 1.49. The number of rotatable bonds is 6. The molecular weight excluding hydrogens is 476 g/mol. The maximum absolute atomic E-state index is 13.4. The number of Topliss-reactive ketones (excluding diaryl/α,β-unsaturated/α-hetero) is 1. The van der Waals surface area contributed by atoms with Gasteiger partial charge in [-0.25, -0.2) is 8.78 Å². The first-order valence-electron chi connectivity index (χ1n) is 11.4. The van der Waals surface area contributed by atoms with Crippen LogP contribution in [-0.4, -0.2) is 78.7 Å². The summed E-state index contributed by atoms with van der Waals surface area (Å²) in [6.07, 6.45) is 0. The Kier molecular flexibility index (Phi) is 7.18. The number of piperazine rings is 1. The molecule has 11 heteroatoms. The molecule has 2 aliphatic rings. The molecule has 0 aromatic heterocycles. The van der Waals surface area contributed by atoms with Gasteiger partial charge in [-0.3, -0.25) is 24.1 Å². The number of ketones is 1. The molecule has 2 aliphatic heterocycles. The predicted molar refractivity (Wildman–Crippen MR) is 124 cm³/mol. The van der Waals surface area contributed by atoms with Gasteiger partial charge in [-0.05, 0) is 37.3 Å². The number of carbonyl (C=O) groups excluding carboxylic acids is 4. The number of ether oxygens (including phenoxy) is 2. The Labute approximate surface area is 206 Å². The van der Waals surface area contributed by atoms with Crippen LogP contribution in [0.1, 0.15) is 24.2 Å². The summed E-state index contributed by atoms with van der Waals surface area (Å²) in [6, 6.07) is 6.55. The molecule has 1 fully saturated rings. The number of carbonyl (C=O) groups is 4. The van der Waals surface area contributed by atoms with Crippen LogP contribution in [0.15, 0.2) is 36.4 Å². The van der Waals surface area contributed by atoms with Crippen molar-refractivity contribution in [2.24, 2.45) is 0 Å². The molecule has 1 unspecified atom stereocenters. The van der Waals surface area contributed by atoms with Crippen molar-refractivity contribution in [1.82, 2.24) is 9.80 Å². The van der Waals surface area contributed by atoms with E-state index in [2.05, 4.69) is 0 Å². The van der Waals surface area contributed by atoms with Crippen LogP contribution < -0.4 is 14.4 Å². The molecule has 9 nitrogen and oxygen atoms in total. The van der Waals surface area contributed by atoms with E-state index in [1.807, 2.05) is 0 Å². The second-order valence-electron chi connectivity index (χ2n) is 8.53. The average molecular weight is 501 g/mol. The minimum atomic E-state index is -1.10. The molecule has 4 rings (SSSR count). The maximum atomic E-state index is 13.4. The highest BCUT2D eigenvalue weighted by atomic mass is 19.2. The number of hydrogen-bond acceptors (Lipinski definition) is 6. The molecule has 2 aromatic rings. The quantitative estimate of drug-likeness (QED) is 0.562. The van der Waals surface area contributed by atoms with Crippen molar-refractivity contribution in [1.29, 1.82) is 0 Å². The summed E-state index contributed by atoms with van der Waals surface area (Å²) < 4.78 is 37.3. The van der Waals surface area contributed by atoms with E-state index in [0.717, 1.165) is 12.1 Å². The van der Waals surface area contributed by atoms with Gasteiger partial charge in [-0.2, -0.15) is 0 Å². The van der Waals surface area contributed by atoms with Gasteiger partial charge in [0.05, 0.1) is 5.69 Å². The van der Waals surface area contributed by atoms with E-state index in [9.17, 15) is 28.0 Å². The number of fused-ring (bicyclic) bond motifs is 1. The smallest absolute Gasteiger partial charge is 0.265 e.